The average molecular weight is 373 g/mol. The average Bonchev–Trinajstić information content (AvgIpc) is 3.09. The second kappa shape index (κ2) is 7.24. The minimum Gasteiger partial charge on any atom is -0.394 e. The van der Waals surface area contributed by atoms with Crippen molar-refractivity contribution in [3.8, 4) is 0 Å². The number of aromatic amines is 1. The van der Waals surface area contributed by atoms with Crippen molar-refractivity contribution in [3.05, 3.63) is 22.5 Å². The van der Waals surface area contributed by atoms with Gasteiger partial charge in [-0.3, -0.25) is 9.36 Å². The highest BCUT2D eigenvalue weighted by Gasteiger charge is 2.51. The largest absolute Gasteiger partial charge is 0.695 e. The Morgan fingerprint density at radius 3 is 2.88 bits per heavy atom. The van der Waals surface area contributed by atoms with Gasteiger partial charge in [0.15, 0.2) is 23.5 Å². The van der Waals surface area contributed by atoms with Crippen molar-refractivity contribution in [2.24, 2.45) is 0 Å². The van der Waals surface area contributed by atoms with Crippen molar-refractivity contribution in [3.63, 3.8) is 0 Å². The number of aromatic nitrogens is 4. The predicted molar refractivity (Wildman–Crippen MR) is 84.0 cm³/mol. The van der Waals surface area contributed by atoms with Crippen LogP contribution in [0.5, 0.6) is 0 Å². The van der Waals surface area contributed by atoms with Gasteiger partial charge in [-0.25, -0.2) is 9.97 Å². The highest BCUT2D eigenvalue weighted by molar-refractivity contribution is 7.32. The molecule has 1 saturated heterocycles. The normalized spacial score (nSPS) is 27.1. The van der Waals surface area contributed by atoms with E-state index in [4.69, 9.17) is 14.0 Å². The number of aliphatic hydroxyl groups excluding tert-OH is 1. The molecule has 25 heavy (non-hydrogen) atoms. The highest BCUT2D eigenvalue weighted by atomic mass is 31.1. The van der Waals surface area contributed by atoms with Gasteiger partial charge >= 0.3 is 8.25 Å². The Hall–Kier alpha value is -1.75. The first kappa shape index (κ1) is 18.1. The maximum atomic E-state index is 12.0. The molecule has 0 aromatic carbocycles. The summed E-state index contributed by atoms with van der Waals surface area (Å²) in [5.74, 6) is 0.378. The minimum atomic E-state index is -2.94. The number of nitrogens with zero attached hydrogens (tertiary/aromatic N) is 3. The molecule has 1 aliphatic rings. The Bertz CT molecular complexity index is 837. The number of hydrogen-bond donors (Lipinski definition) is 3. The van der Waals surface area contributed by atoms with Gasteiger partial charge in [0.05, 0.1) is 12.9 Å². The van der Waals surface area contributed by atoms with Crippen LogP contribution in [0.4, 0.5) is 0 Å². The molecule has 0 radical (unpaired) electrons. The molecule has 3 N–H and O–H groups in total. The first-order valence-corrected chi connectivity index (χ1v) is 8.73. The van der Waals surface area contributed by atoms with E-state index in [2.05, 4.69) is 15.0 Å². The minimum absolute atomic E-state index is 0.0988. The van der Waals surface area contributed by atoms with Gasteiger partial charge in [0, 0.05) is 11.2 Å². The number of fused-ring (bicyclic) bond motifs is 1. The van der Waals surface area contributed by atoms with Gasteiger partial charge in [-0.05, 0) is 13.8 Å². The number of nitrogens with one attached hydrogen (secondary N) is 1. The van der Waals surface area contributed by atoms with Crippen LogP contribution >= 0.6 is 8.25 Å². The number of H-pyrrole nitrogens is 1. The van der Waals surface area contributed by atoms with Crippen LogP contribution in [0.2, 0.25) is 0 Å². The summed E-state index contributed by atoms with van der Waals surface area (Å²) in [5, 5.41) is 9.54. The third kappa shape index (κ3) is 3.34. The second-order valence-electron chi connectivity index (χ2n) is 5.45. The van der Waals surface area contributed by atoms with Crippen LogP contribution < -0.4 is 5.56 Å². The van der Waals surface area contributed by atoms with Crippen molar-refractivity contribution in [2.75, 3.05) is 13.2 Å². The summed E-state index contributed by atoms with van der Waals surface area (Å²) in [6, 6.07) is 0. The molecular formula is C13H18N4O7P+. The Balaban J connectivity index is 2.07. The zero-order valence-corrected chi connectivity index (χ0v) is 14.4. The van der Waals surface area contributed by atoms with Crippen molar-refractivity contribution in [2.45, 2.75) is 38.4 Å². The summed E-state index contributed by atoms with van der Waals surface area (Å²) in [7, 11) is -2.94. The molecule has 0 amide bonds. The number of ether oxygens (including phenoxy) is 2. The number of aliphatic hydroxyl groups is 1. The third-order valence-corrected chi connectivity index (χ3v) is 4.29. The van der Waals surface area contributed by atoms with Gasteiger partial charge in [0.25, 0.3) is 5.56 Å². The van der Waals surface area contributed by atoms with E-state index in [0.29, 0.717) is 12.4 Å². The van der Waals surface area contributed by atoms with Gasteiger partial charge in [0.2, 0.25) is 0 Å². The van der Waals surface area contributed by atoms with Crippen LogP contribution in [-0.2, 0) is 18.6 Å². The molecule has 2 unspecified atom stereocenters. The Kier molecular flexibility index (Phi) is 5.23. The fourth-order valence-corrected chi connectivity index (χ4v) is 3.34. The maximum absolute atomic E-state index is 12.0. The molecule has 0 bridgehead atoms. The van der Waals surface area contributed by atoms with Crippen molar-refractivity contribution in [1.29, 1.82) is 0 Å². The number of aryl methyl sites for hydroxylation is 1. The summed E-state index contributed by atoms with van der Waals surface area (Å²) in [6.45, 7) is 3.28. The SMILES string of the molecule is CCOC1[C@@H](CO)O[C@@H](n2cnc3c(=O)[nH]c(C)nc32)[C@H]1O[P+](=O)O. The van der Waals surface area contributed by atoms with Crippen LogP contribution in [0, 0.1) is 6.92 Å². The molecule has 2 aromatic rings. The fraction of sp³-hybridized carbons (Fsp3) is 0.615. The fourth-order valence-electron chi connectivity index (χ4n) is 2.91. The first-order chi connectivity index (χ1) is 12.0. The standard InChI is InChI=1S/C13H17N4O7P/c1-3-22-9-7(4-18)23-13(10(9)24-25(20)21)17-5-14-8-11(17)15-6(2)16-12(8)19/h5,7,9-10,13,18H,3-4H2,1-2H3,(H-,15,16,19,20,21)/p+1/t7-,9?,10+,13-/m1/s1. The van der Waals surface area contributed by atoms with Gasteiger partial charge in [-0.15, -0.1) is 9.42 Å². The summed E-state index contributed by atoms with van der Waals surface area (Å²) >= 11 is 0. The molecule has 0 aliphatic carbocycles. The van der Waals surface area contributed by atoms with Crippen LogP contribution in [0.15, 0.2) is 11.1 Å². The Morgan fingerprint density at radius 1 is 1.48 bits per heavy atom. The van der Waals surface area contributed by atoms with Gasteiger partial charge in [0.1, 0.15) is 18.0 Å². The Morgan fingerprint density at radius 2 is 2.24 bits per heavy atom. The van der Waals surface area contributed by atoms with Crippen LogP contribution in [-0.4, -0.2) is 61.0 Å². The molecule has 2 aromatic heterocycles. The predicted octanol–water partition coefficient (Wildman–Crippen LogP) is -0.242. The summed E-state index contributed by atoms with van der Waals surface area (Å²) < 4.78 is 29.1. The molecule has 0 spiro atoms. The molecule has 1 aliphatic heterocycles. The summed E-state index contributed by atoms with van der Waals surface area (Å²) in [5.41, 5.74) is -0.0754. The number of imidazole rings is 1. The van der Waals surface area contributed by atoms with Crippen LogP contribution in [0.25, 0.3) is 11.2 Å². The van der Waals surface area contributed by atoms with E-state index >= 15 is 0 Å². The van der Waals surface area contributed by atoms with E-state index in [1.54, 1.807) is 13.8 Å². The molecule has 0 saturated carbocycles. The lowest BCUT2D eigenvalue weighted by molar-refractivity contribution is -0.0584. The van der Waals surface area contributed by atoms with E-state index in [1.165, 1.54) is 10.9 Å². The highest BCUT2D eigenvalue weighted by Crippen LogP contribution is 2.38. The lowest BCUT2D eigenvalue weighted by Gasteiger charge is -2.18. The number of rotatable bonds is 6. The molecule has 12 heteroatoms. The topological polar surface area (TPSA) is 149 Å². The monoisotopic (exact) mass is 373 g/mol. The molecule has 1 fully saturated rings. The summed E-state index contributed by atoms with van der Waals surface area (Å²) in [4.78, 5) is 32.0. The molecule has 3 heterocycles. The van der Waals surface area contributed by atoms with Crippen molar-refractivity contribution in [1.82, 2.24) is 19.5 Å². The van der Waals surface area contributed by atoms with Gasteiger partial charge in [-0.1, -0.05) is 0 Å². The van der Waals surface area contributed by atoms with E-state index in [1.807, 2.05) is 0 Å². The zero-order valence-electron chi connectivity index (χ0n) is 13.5. The molecule has 5 atom stereocenters. The molecular weight excluding hydrogens is 355 g/mol. The molecule has 136 valence electrons. The van der Waals surface area contributed by atoms with Crippen LogP contribution in [0.3, 0.4) is 0 Å². The van der Waals surface area contributed by atoms with E-state index < -0.39 is 38.4 Å². The van der Waals surface area contributed by atoms with Gasteiger partial charge < -0.3 is 19.6 Å². The summed E-state index contributed by atoms with van der Waals surface area (Å²) in [6.07, 6.45) is -2.15. The zero-order chi connectivity index (χ0) is 18.1. The second-order valence-corrected chi connectivity index (χ2v) is 6.14. The quantitative estimate of drug-likeness (QED) is 0.583. The Labute approximate surface area is 142 Å². The lowest BCUT2D eigenvalue weighted by atomic mass is 10.1. The molecule has 3 rings (SSSR count). The smallest absolute Gasteiger partial charge is 0.394 e. The van der Waals surface area contributed by atoms with Crippen molar-refractivity contribution < 1.29 is 28.6 Å². The first-order valence-electron chi connectivity index (χ1n) is 7.60. The van der Waals surface area contributed by atoms with Crippen LogP contribution in [0.1, 0.15) is 19.0 Å². The third-order valence-electron chi connectivity index (χ3n) is 3.86. The lowest BCUT2D eigenvalue weighted by Crippen LogP contribution is -2.37. The van der Waals surface area contributed by atoms with Gasteiger partial charge in [-0.2, -0.15) is 0 Å². The number of hydrogen-bond acceptors (Lipinski definition) is 8. The molecule has 11 nitrogen and oxygen atoms in total. The van der Waals surface area contributed by atoms with E-state index in [-0.39, 0.29) is 17.8 Å². The van der Waals surface area contributed by atoms with Crippen molar-refractivity contribution >= 4 is 19.4 Å². The van der Waals surface area contributed by atoms with E-state index in [9.17, 15) is 19.4 Å². The maximum Gasteiger partial charge on any atom is 0.695 e. The van der Waals surface area contributed by atoms with E-state index in [0.717, 1.165) is 0 Å².